The number of nitrogens with one attached hydrogen (secondary N) is 1. The number of hydrogen-bond acceptors (Lipinski definition) is 3. The molecule has 4 nitrogen and oxygen atoms in total. The molecule has 1 aromatic carbocycles. The third kappa shape index (κ3) is 3.70. The molecule has 1 aliphatic rings. The minimum Gasteiger partial charge on any atom is -0.326 e. The monoisotopic (exact) mass is 253 g/mol. The second-order valence-corrected chi connectivity index (χ2v) is 4.78. The standard InChI is InChI=1S/C12H16ClN3O/c13-9-2-1-3-11(6-9)15-12(17)8-16-5-4-10(14)7-16/h1-3,6,10H,4-5,7-8,14H2,(H,15,17)/t10-/m1/s1. The summed E-state index contributed by atoms with van der Waals surface area (Å²) in [5.74, 6) is -0.0265. The first-order valence-electron chi connectivity index (χ1n) is 5.67. The van der Waals surface area contributed by atoms with Crippen molar-refractivity contribution < 1.29 is 4.79 Å². The van der Waals surface area contributed by atoms with Crippen LogP contribution >= 0.6 is 11.6 Å². The van der Waals surface area contributed by atoms with Gasteiger partial charge < -0.3 is 11.1 Å². The van der Waals surface area contributed by atoms with E-state index < -0.39 is 0 Å². The van der Waals surface area contributed by atoms with Crippen LogP contribution in [0.3, 0.4) is 0 Å². The van der Waals surface area contributed by atoms with Crippen molar-refractivity contribution in [2.24, 2.45) is 5.73 Å². The zero-order chi connectivity index (χ0) is 12.3. The van der Waals surface area contributed by atoms with Crippen molar-refractivity contribution in [1.29, 1.82) is 0 Å². The Hall–Kier alpha value is -1.10. The lowest BCUT2D eigenvalue weighted by molar-refractivity contribution is -0.117. The first-order valence-corrected chi connectivity index (χ1v) is 6.04. The van der Waals surface area contributed by atoms with Crippen LogP contribution in [-0.2, 0) is 4.79 Å². The highest BCUT2D eigenvalue weighted by Gasteiger charge is 2.20. The zero-order valence-electron chi connectivity index (χ0n) is 9.53. The van der Waals surface area contributed by atoms with Crippen LogP contribution in [-0.4, -0.2) is 36.5 Å². The Morgan fingerprint density at radius 2 is 2.41 bits per heavy atom. The van der Waals surface area contributed by atoms with Gasteiger partial charge in [0.2, 0.25) is 5.91 Å². The quantitative estimate of drug-likeness (QED) is 0.854. The van der Waals surface area contributed by atoms with Crippen LogP contribution < -0.4 is 11.1 Å². The number of amides is 1. The maximum atomic E-state index is 11.7. The van der Waals surface area contributed by atoms with Crippen molar-refractivity contribution >= 4 is 23.2 Å². The molecule has 3 N–H and O–H groups in total. The average Bonchev–Trinajstić information content (AvgIpc) is 2.63. The Morgan fingerprint density at radius 3 is 3.06 bits per heavy atom. The van der Waals surface area contributed by atoms with Crippen LogP contribution in [0.15, 0.2) is 24.3 Å². The minimum atomic E-state index is -0.0265. The first kappa shape index (κ1) is 12.4. The Labute approximate surface area is 106 Å². The molecule has 1 fully saturated rings. The second kappa shape index (κ2) is 5.49. The molecule has 92 valence electrons. The normalized spacial score (nSPS) is 20.5. The Balaban J connectivity index is 1.85. The van der Waals surface area contributed by atoms with Gasteiger partial charge in [0.05, 0.1) is 6.54 Å². The van der Waals surface area contributed by atoms with Crippen molar-refractivity contribution in [3.8, 4) is 0 Å². The Bertz CT molecular complexity index is 410. The fraction of sp³-hybridized carbons (Fsp3) is 0.417. The molecule has 0 aromatic heterocycles. The number of benzene rings is 1. The van der Waals surface area contributed by atoms with Gasteiger partial charge >= 0.3 is 0 Å². The second-order valence-electron chi connectivity index (χ2n) is 4.34. The highest BCUT2D eigenvalue weighted by Crippen LogP contribution is 2.15. The molecule has 0 saturated carbocycles. The molecule has 1 heterocycles. The molecule has 1 amide bonds. The number of nitrogens with two attached hydrogens (primary N) is 1. The predicted octanol–water partition coefficient (Wildman–Crippen LogP) is 1.31. The molecule has 1 saturated heterocycles. The maximum absolute atomic E-state index is 11.7. The van der Waals surface area contributed by atoms with E-state index in [-0.39, 0.29) is 11.9 Å². The van der Waals surface area contributed by atoms with E-state index in [1.54, 1.807) is 12.1 Å². The van der Waals surface area contributed by atoms with Crippen LogP contribution in [0.5, 0.6) is 0 Å². The molecule has 0 radical (unpaired) electrons. The van der Waals surface area contributed by atoms with Crippen molar-refractivity contribution in [1.82, 2.24) is 4.90 Å². The maximum Gasteiger partial charge on any atom is 0.238 e. The van der Waals surface area contributed by atoms with Crippen molar-refractivity contribution in [2.75, 3.05) is 25.0 Å². The predicted molar refractivity (Wildman–Crippen MR) is 69.1 cm³/mol. The lowest BCUT2D eigenvalue weighted by Crippen LogP contribution is -2.33. The first-order chi connectivity index (χ1) is 8.13. The fourth-order valence-corrected chi connectivity index (χ4v) is 2.17. The number of carbonyl (C=O) groups excluding carboxylic acids is 1. The van der Waals surface area contributed by atoms with Gasteiger partial charge in [-0.05, 0) is 24.6 Å². The molecule has 17 heavy (non-hydrogen) atoms. The molecule has 1 aliphatic heterocycles. The number of halogens is 1. The van der Waals surface area contributed by atoms with Crippen LogP contribution in [0.25, 0.3) is 0 Å². The topological polar surface area (TPSA) is 58.4 Å². The van der Waals surface area contributed by atoms with Crippen LogP contribution in [0.2, 0.25) is 5.02 Å². The highest BCUT2D eigenvalue weighted by atomic mass is 35.5. The lowest BCUT2D eigenvalue weighted by atomic mass is 10.3. The van der Waals surface area contributed by atoms with Crippen LogP contribution in [0.1, 0.15) is 6.42 Å². The van der Waals surface area contributed by atoms with E-state index in [2.05, 4.69) is 10.2 Å². The number of anilines is 1. The summed E-state index contributed by atoms with van der Waals surface area (Å²) in [7, 11) is 0. The molecular formula is C12H16ClN3O. The van der Waals surface area contributed by atoms with Crippen molar-refractivity contribution in [2.45, 2.75) is 12.5 Å². The molecule has 0 unspecified atom stereocenters. The van der Waals surface area contributed by atoms with Gasteiger partial charge in [-0.25, -0.2) is 0 Å². The molecule has 0 aliphatic carbocycles. The highest BCUT2D eigenvalue weighted by molar-refractivity contribution is 6.30. The summed E-state index contributed by atoms with van der Waals surface area (Å²) in [5.41, 5.74) is 6.51. The van der Waals surface area contributed by atoms with Gasteiger partial charge in [-0.2, -0.15) is 0 Å². The summed E-state index contributed by atoms with van der Waals surface area (Å²) in [6, 6.07) is 7.34. The third-order valence-electron chi connectivity index (χ3n) is 2.78. The molecule has 5 heteroatoms. The van der Waals surface area contributed by atoms with Gasteiger partial charge in [0.25, 0.3) is 0 Å². The number of carbonyl (C=O) groups is 1. The molecule has 0 spiro atoms. The molecular weight excluding hydrogens is 238 g/mol. The summed E-state index contributed by atoms with van der Waals surface area (Å²) in [6.07, 6.45) is 0.963. The van der Waals surface area contributed by atoms with E-state index in [9.17, 15) is 4.79 Å². The smallest absolute Gasteiger partial charge is 0.238 e. The van der Waals surface area contributed by atoms with Gasteiger partial charge in [0, 0.05) is 29.8 Å². The summed E-state index contributed by atoms with van der Waals surface area (Å²) in [5, 5.41) is 3.44. The largest absolute Gasteiger partial charge is 0.326 e. The summed E-state index contributed by atoms with van der Waals surface area (Å²) in [4.78, 5) is 13.8. The van der Waals surface area contributed by atoms with E-state index in [1.165, 1.54) is 0 Å². The SMILES string of the molecule is N[C@@H]1CCN(CC(=O)Nc2cccc(Cl)c2)C1. The Morgan fingerprint density at radius 1 is 1.59 bits per heavy atom. The van der Waals surface area contributed by atoms with Gasteiger partial charge in [-0.1, -0.05) is 17.7 Å². The number of hydrogen-bond donors (Lipinski definition) is 2. The Kier molecular flexibility index (Phi) is 3.99. The summed E-state index contributed by atoms with van der Waals surface area (Å²) < 4.78 is 0. The number of likely N-dealkylation sites (tertiary alicyclic amines) is 1. The number of rotatable bonds is 3. The number of nitrogens with zero attached hydrogens (tertiary/aromatic N) is 1. The fourth-order valence-electron chi connectivity index (χ4n) is 1.98. The van der Waals surface area contributed by atoms with E-state index in [4.69, 9.17) is 17.3 Å². The van der Waals surface area contributed by atoms with Gasteiger partial charge in [0.1, 0.15) is 0 Å². The van der Waals surface area contributed by atoms with Gasteiger partial charge in [0.15, 0.2) is 0 Å². The minimum absolute atomic E-state index is 0.0265. The third-order valence-corrected chi connectivity index (χ3v) is 3.02. The van der Waals surface area contributed by atoms with E-state index in [0.717, 1.165) is 25.2 Å². The van der Waals surface area contributed by atoms with E-state index in [0.29, 0.717) is 11.6 Å². The summed E-state index contributed by atoms with van der Waals surface area (Å²) in [6.45, 7) is 2.08. The molecule has 1 aromatic rings. The van der Waals surface area contributed by atoms with E-state index >= 15 is 0 Å². The average molecular weight is 254 g/mol. The van der Waals surface area contributed by atoms with E-state index in [1.807, 2.05) is 12.1 Å². The molecule has 1 atom stereocenters. The van der Waals surface area contributed by atoms with Crippen LogP contribution in [0.4, 0.5) is 5.69 Å². The van der Waals surface area contributed by atoms with Gasteiger partial charge in [-0.3, -0.25) is 9.69 Å². The lowest BCUT2D eigenvalue weighted by Gasteiger charge is -2.14. The van der Waals surface area contributed by atoms with Crippen molar-refractivity contribution in [3.63, 3.8) is 0 Å². The molecule has 0 bridgehead atoms. The van der Waals surface area contributed by atoms with Gasteiger partial charge in [-0.15, -0.1) is 0 Å². The summed E-state index contributed by atoms with van der Waals surface area (Å²) >= 11 is 5.84. The zero-order valence-corrected chi connectivity index (χ0v) is 10.3. The molecule has 2 rings (SSSR count). The van der Waals surface area contributed by atoms with Crippen molar-refractivity contribution in [3.05, 3.63) is 29.3 Å². The van der Waals surface area contributed by atoms with Crippen LogP contribution in [0, 0.1) is 0 Å².